The van der Waals surface area contributed by atoms with E-state index in [4.69, 9.17) is 9.47 Å². The van der Waals surface area contributed by atoms with E-state index in [1.807, 2.05) is 12.1 Å². The molecule has 0 saturated carbocycles. The van der Waals surface area contributed by atoms with Gasteiger partial charge in [-0.3, -0.25) is 4.79 Å². The SMILES string of the molecule is COCCOc1cccc(NC(=O)c2nn(-c3ccc(F)cc3)c3c2CCC3)c1. The van der Waals surface area contributed by atoms with Gasteiger partial charge in [0.1, 0.15) is 18.2 Å². The average Bonchev–Trinajstić information content (AvgIpc) is 3.32. The largest absolute Gasteiger partial charge is 0.491 e. The third kappa shape index (κ3) is 4.14. The van der Waals surface area contributed by atoms with E-state index >= 15 is 0 Å². The number of anilines is 1. The monoisotopic (exact) mass is 395 g/mol. The van der Waals surface area contributed by atoms with Gasteiger partial charge in [-0.2, -0.15) is 5.10 Å². The van der Waals surface area contributed by atoms with Crippen LogP contribution in [0.5, 0.6) is 5.75 Å². The van der Waals surface area contributed by atoms with Crippen LogP contribution in [0.15, 0.2) is 48.5 Å². The van der Waals surface area contributed by atoms with E-state index in [0.29, 0.717) is 30.3 Å². The Morgan fingerprint density at radius 3 is 2.79 bits per heavy atom. The highest BCUT2D eigenvalue weighted by molar-refractivity contribution is 6.04. The summed E-state index contributed by atoms with van der Waals surface area (Å²) in [7, 11) is 1.61. The Balaban J connectivity index is 1.56. The van der Waals surface area contributed by atoms with Crippen molar-refractivity contribution in [3.05, 3.63) is 71.3 Å². The molecule has 6 nitrogen and oxygen atoms in total. The minimum atomic E-state index is -0.303. The van der Waals surface area contributed by atoms with E-state index < -0.39 is 0 Å². The van der Waals surface area contributed by atoms with Crippen LogP contribution >= 0.6 is 0 Å². The van der Waals surface area contributed by atoms with Crippen molar-refractivity contribution < 1.29 is 18.7 Å². The number of fused-ring (bicyclic) bond motifs is 1. The maximum atomic E-state index is 13.3. The summed E-state index contributed by atoms with van der Waals surface area (Å²) in [6.45, 7) is 0.924. The highest BCUT2D eigenvalue weighted by atomic mass is 19.1. The van der Waals surface area contributed by atoms with Gasteiger partial charge in [0.05, 0.1) is 12.3 Å². The van der Waals surface area contributed by atoms with E-state index in [0.717, 1.165) is 36.2 Å². The predicted molar refractivity (Wildman–Crippen MR) is 107 cm³/mol. The van der Waals surface area contributed by atoms with Crippen LogP contribution in [0.2, 0.25) is 0 Å². The number of carbonyl (C=O) groups excluding carboxylic acids is 1. The summed E-state index contributed by atoms with van der Waals surface area (Å²) in [6.07, 6.45) is 2.62. The maximum absolute atomic E-state index is 13.3. The molecule has 1 amide bonds. The van der Waals surface area contributed by atoms with Crippen molar-refractivity contribution in [3.63, 3.8) is 0 Å². The lowest BCUT2D eigenvalue weighted by molar-refractivity contribution is 0.102. The van der Waals surface area contributed by atoms with Crippen LogP contribution in [0.4, 0.5) is 10.1 Å². The number of hydrogen-bond acceptors (Lipinski definition) is 4. The molecule has 1 N–H and O–H groups in total. The summed E-state index contributed by atoms with van der Waals surface area (Å²) in [5.41, 5.74) is 3.76. The Morgan fingerprint density at radius 2 is 2.00 bits per heavy atom. The molecule has 4 rings (SSSR count). The van der Waals surface area contributed by atoms with Gasteiger partial charge in [0.25, 0.3) is 5.91 Å². The third-order valence-corrected chi connectivity index (χ3v) is 4.86. The zero-order valence-electron chi connectivity index (χ0n) is 16.2. The molecule has 0 spiro atoms. The Morgan fingerprint density at radius 1 is 1.17 bits per heavy atom. The second kappa shape index (κ2) is 8.45. The van der Waals surface area contributed by atoms with Crippen LogP contribution in [0.3, 0.4) is 0 Å². The van der Waals surface area contributed by atoms with Gasteiger partial charge >= 0.3 is 0 Å². The highest BCUT2D eigenvalue weighted by Crippen LogP contribution is 2.28. The summed E-state index contributed by atoms with van der Waals surface area (Å²) < 4.78 is 25.6. The molecule has 29 heavy (non-hydrogen) atoms. The zero-order chi connectivity index (χ0) is 20.2. The van der Waals surface area contributed by atoms with Gasteiger partial charge in [0, 0.05) is 30.1 Å². The Hall–Kier alpha value is -3.19. The summed E-state index contributed by atoms with van der Waals surface area (Å²) in [5.74, 6) is 0.0862. The molecule has 0 bridgehead atoms. The van der Waals surface area contributed by atoms with Gasteiger partial charge in [0.15, 0.2) is 5.69 Å². The molecule has 0 radical (unpaired) electrons. The topological polar surface area (TPSA) is 65.4 Å². The lowest BCUT2D eigenvalue weighted by Crippen LogP contribution is -2.15. The number of benzene rings is 2. The fourth-order valence-corrected chi connectivity index (χ4v) is 3.51. The number of nitrogens with one attached hydrogen (secondary N) is 1. The molecule has 1 heterocycles. The molecule has 2 aromatic carbocycles. The van der Waals surface area contributed by atoms with Crippen molar-refractivity contribution >= 4 is 11.6 Å². The molecular formula is C22H22FN3O3. The molecule has 0 atom stereocenters. The van der Waals surface area contributed by atoms with Gasteiger partial charge in [0.2, 0.25) is 0 Å². The number of hydrogen-bond donors (Lipinski definition) is 1. The Labute approximate surface area is 168 Å². The predicted octanol–water partition coefficient (Wildman–Crippen LogP) is 3.78. The van der Waals surface area contributed by atoms with E-state index in [2.05, 4.69) is 10.4 Å². The second-order valence-corrected chi connectivity index (χ2v) is 6.84. The number of methoxy groups -OCH3 is 1. The second-order valence-electron chi connectivity index (χ2n) is 6.84. The van der Waals surface area contributed by atoms with E-state index in [1.54, 1.807) is 36.1 Å². The number of nitrogens with zero attached hydrogens (tertiary/aromatic N) is 2. The average molecular weight is 395 g/mol. The Kier molecular flexibility index (Phi) is 5.57. The molecule has 1 aliphatic rings. The highest BCUT2D eigenvalue weighted by Gasteiger charge is 2.27. The number of amides is 1. The molecule has 0 unspecified atom stereocenters. The van der Waals surface area contributed by atoms with Crippen molar-refractivity contribution in [3.8, 4) is 11.4 Å². The summed E-state index contributed by atoms with van der Waals surface area (Å²) in [4.78, 5) is 12.9. The van der Waals surface area contributed by atoms with Crippen molar-refractivity contribution in [2.45, 2.75) is 19.3 Å². The van der Waals surface area contributed by atoms with Crippen molar-refractivity contribution in [2.75, 3.05) is 25.6 Å². The van der Waals surface area contributed by atoms with Gasteiger partial charge in [-0.1, -0.05) is 6.07 Å². The zero-order valence-corrected chi connectivity index (χ0v) is 16.2. The minimum absolute atomic E-state index is 0.266. The van der Waals surface area contributed by atoms with Crippen molar-refractivity contribution in [2.24, 2.45) is 0 Å². The molecule has 1 aliphatic carbocycles. The maximum Gasteiger partial charge on any atom is 0.276 e. The fourth-order valence-electron chi connectivity index (χ4n) is 3.51. The number of ether oxygens (including phenoxy) is 2. The normalized spacial score (nSPS) is 12.6. The number of rotatable bonds is 7. The van der Waals surface area contributed by atoms with Crippen LogP contribution in [-0.2, 0) is 17.6 Å². The van der Waals surface area contributed by atoms with E-state index in [-0.39, 0.29) is 11.7 Å². The van der Waals surface area contributed by atoms with Crippen LogP contribution in [-0.4, -0.2) is 36.0 Å². The number of halogens is 1. The standard InChI is InChI=1S/C22H22FN3O3/c1-28-12-13-29-18-5-2-4-16(14-18)24-22(27)21-19-6-3-7-20(19)26(25-21)17-10-8-15(23)9-11-17/h2,4-5,8-11,14H,3,6-7,12-13H2,1H3,(H,24,27). The smallest absolute Gasteiger partial charge is 0.276 e. The van der Waals surface area contributed by atoms with Crippen LogP contribution in [0, 0.1) is 5.82 Å². The number of carbonyl (C=O) groups is 1. The molecule has 3 aromatic rings. The molecule has 7 heteroatoms. The van der Waals surface area contributed by atoms with Gasteiger partial charge in [-0.25, -0.2) is 9.07 Å². The first-order chi connectivity index (χ1) is 14.2. The minimum Gasteiger partial charge on any atom is -0.491 e. The van der Waals surface area contributed by atoms with E-state index in [9.17, 15) is 9.18 Å². The van der Waals surface area contributed by atoms with Gasteiger partial charge < -0.3 is 14.8 Å². The fraction of sp³-hybridized carbons (Fsp3) is 0.273. The first kappa shape index (κ1) is 19.1. The summed E-state index contributed by atoms with van der Waals surface area (Å²) >= 11 is 0. The molecule has 0 saturated heterocycles. The van der Waals surface area contributed by atoms with Crippen molar-refractivity contribution in [1.82, 2.24) is 9.78 Å². The lowest BCUT2D eigenvalue weighted by atomic mass is 10.2. The molecule has 1 aromatic heterocycles. The number of aromatic nitrogens is 2. The first-order valence-corrected chi connectivity index (χ1v) is 9.55. The van der Waals surface area contributed by atoms with Crippen LogP contribution in [0.25, 0.3) is 5.69 Å². The van der Waals surface area contributed by atoms with Crippen LogP contribution in [0.1, 0.15) is 28.2 Å². The van der Waals surface area contributed by atoms with Crippen LogP contribution < -0.4 is 10.1 Å². The summed E-state index contributed by atoms with van der Waals surface area (Å²) in [6, 6.07) is 13.3. The van der Waals surface area contributed by atoms with Gasteiger partial charge in [-0.05, 0) is 55.7 Å². The van der Waals surface area contributed by atoms with Crippen molar-refractivity contribution in [1.29, 1.82) is 0 Å². The molecule has 150 valence electrons. The summed E-state index contributed by atoms with van der Waals surface area (Å²) in [5, 5.41) is 7.45. The lowest BCUT2D eigenvalue weighted by Gasteiger charge is -2.09. The van der Waals surface area contributed by atoms with E-state index in [1.165, 1.54) is 12.1 Å². The van der Waals surface area contributed by atoms with Gasteiger partial charge in [-0.15, -0.1) is 0 Å². The first-order valence-electron chi connectivity index (χ1n) is 9.55. The quantitative estimate of drug-likeness (QED) is 0.619. The Bertz CT molecular complexity index is 1010. The third-order valence-electron chi connectivity index (χ3n) is 4.86. The molecule has 0 fully saturated rings. The molecule has 0 aliphatic heterocycles. The molecular weight excluding hydrogens is 373 g/mol.